The Bertz CT molecular complexity index is 416. The van der Waals surface area contributed by atoms with Crippen molar-refractivity contribution < 1.29 is 9.53 Å². The third-order valence-electron chi connectivity index (χ3n) is 6.37. The predicted molar refractivity (Wildman–Crippen MR) is 117 cm³/mol. The van der Waals surface area contributed by atoms with Crippen molar-refractivity contribution in [2.24, 2.45) is 23.2 Å². The third-order valence-corrected chi connectivity index (χ3v) is 6.51. The van der Waals surface area contributed by atoms with Gasteiger partial charge >= 0.3 is 5.97 Å². The molecule has 158 valence electrons. The van der Waals surface area contributed by atoms with Gasteiger partial charge in [-0.3, -0.25) is 4.79 Å². The van der Waals surface area contributed by atoms with Crippen LogP contribution >= 0.6 is 11.6 Å². The SMILES string of the molecule is C.C.C.C.CCC(C)(CC(C)(C)Cl)C(=O)OC12CC3CC(CC(C3)C1)C2. The van der Waals surface area contributed by atoms with Gasteiger partial charge in [-0.05, 0) is 89.9 Å². The van der Waals surface area contributed by atoms with E-state index in [9.17, 15) is 4.79 Å². The average molecular weight is 391 g/mol. The van der Waals surface area contributed by atoms with Crippen LogP contribution in [0.25, 0.3) is 0 Å². The molecule has 4 bridgehead atoms. The highest BCUT2D eigenvalue weighted by molar-refractivity contribution is 6.23. The minimum atomic E-state index is -0.464. The van der Waals surface area contributed by atoms with Crippen molar-refractivity contribution in [2.75, 3.05) is 0 Å². The van der Waals surface area contributed by atoms with Gasteiger partial charge in [0.05, 0.1) is 5.41 Å². The summed E-state index contributed by atoms with van der Waals surface area (Å²) in [4.78, 5) is 12.6. The number of hydrogen-bond acceptors (Lipinski definition) is 2. The van der Waals surface area contributed by atoms with Gasteiger partial charge in [-0.2, -0.15) is 0 Å². The van der Waals surface area contributed by atoms with Gasteiger partial charge in [-0.1, -0.05) is 36.6 Å². The summed E-state index contributed by atoms with van der Waals surface area (Å²) in [6.07, 6.45) is 8.89. The number of carbonyl (C=O) groups excluding carboxylic acids is 1. The van der Waals surface area contributed by atoms with Gasteiger partial charge < -0.3 is 4.74 Å². The zero-order valence-electron chi connectivity index (χ0n) is 14.6. The molecule has 0 aromatic heterocycles. The first kappa shape index (κ1) is 28.0. The zero-order chi connectivity index (χ0) is 16.2. The highest BCUT2D eigenvalue weighted by Gasteiger charge is 2.54. The number of ether oxygens (including phenoxy) is 1. The summed E-state index contributed by atoms with van der Waals surface area (Å²) in [6, 6.07) is 0. The first-order valence-corrected chi connectivity index (χ1v) is 9.43. The van der Waals surface area contributed by atoms with Gasteiger partial charge in [-0.15, -0.1) is 11.6 Å². The fourth-order valence-corrected chi connectivity index (χ4v) is 6.04. The summed E-state index contributed by atoms with van der Waals surface area (Å²) in [6.45, 7) is 8.07. The number of carbonyl (C=O) groups is 1. The van der Waals surface area contributed by atoms with Crippen LogP contribution in [0.3, 0.4) is 0 Å². The van der Waals surface area contributed by atoms with E-state index in [1.807, 2.05) is 20.8 Å². The van der Waals surface area contributed by atoms with Gasteiger partial charge in [0.1, 0.15) is 5.60 Å². The van der Waals surface area contributed by atoms with Crippen molar-refractivity contribution >= 4 is 17.6 Å². The molecule has 4 aliphatic rings. The Morgan fingerprint density at radius 3 is 1.65 bits per heavy atom. The van der Waals surface area contributed by atoms with Crippen LogP contribution in [0, 0.1) is 23.2 Å². The monoisotopic (exact) mass is 390 g/mol. The second-order valence-electron chi connectivity index (χ2n) is 9.30. The summed E-state index contributed by atoms with van der Waals surface area (Å²) in [5.74, 6) is 2.40. The summed E-state index contributed by atoms with van der Waals surface area (Å²) in [5.41, 5.74) is -0.604. The molecular formula is C23H47ClO2. The molecule has 0 aliphatic heterocycles. The van der Waals surface area contributed by atoms with Crippen molar-refractivity contribution in [3.05, 3.63) is 0 Å². The number of halogens is 1. The molecule has 1 atom stereocenters. The van der Waals surface area contributed by atoms with Crippen LogP contribution in [-0.4, -0.2) is 16.4 Å². The largest absolute Gasteiger partial charge is 0.459 e. The maximum atomic E-state index is 13.0. The fourth-order valence-electron chi connectivity index (χ4n) is 5.75. The minimum absolute atomic E-state index is 0. The lowest BCUT2D eigenvalue weighted by atomic mass is 9.54. The Morgan fingerprint density at radius 1 is 0.962 bits per heavy atom. The van der Waals surface area contributed by atoms with E-state index in [4.69, 9.17) is 16.3 Å². The molecule has 4 aliphatic carbocycles. The molecule has 0 heterocycles. The molecule has 4 saturated carbocycles. The van der Waals surface area contributed by atoms with Crippen LogP contribution in [0.15, 0.2) is 0 Å². The van der Waals surface area contributed by atoms with Crippen LogP contribution < -0.4 is 0 Å². The first-order chi connectivity index (χ1) is 10.1. The second-order valence-corrected chi connectivity index (χ2v) is 10.3. The maximum Gasteiger partial charge on any atom is 0.312 e. The molecule has 3 heteroatoms. The van der Waals surface area contributed by atoms with E-state index in [2.05, 4.69) is 6.92 Å². The van der Waals surface area contributed by atoms with Gasteiger partial charge in [0, 0.05) is 4.87 Å². The Hall–Kier alpha value is -0.240. The smallest absolute Gasteiger partial charge is 0.312 e. The van der Waals surface area contributed by atoms with Crippen LogP contribution in [0.5, 0.6) is 0 Å². The van der Waals surface area contributed by atoms with E-state index in [1.165, 1.54) is 19.3 Å². The molecule has 26 heavy (non-hydrogen) atoms. The van der Waals surface area contributed by atoms with Gasteiger partial charge in [0.15, 0.2) is 0 Å². The zero-order valence-corrected chi connectivity index (χ0v) is 15.3. The molecule has 0 aromatic carbocycles. The lowest BCUT2D eigenvalue weighted by Crippen LogP contribution is -2.54. The lowest BCUT2D eigenvalue weighted by Gasteiger charge is -2.56. The van der Waals surface area contributed by atoms with Crippen LogP contribution in [0.4, 0.5) is 0 Å². The molecule has 0 N–H and O–H groups in total. The summed E-state index contributed by atoms with van der Waals surface area (Å²) >= 11 is 6.41. The van der Waals surface area contributed by atoms with E-state index in [1.54, 1.807) is 0 Å². The number of alkyl halides is 1. The van der Waals surface area contributed by atoms with Gasteiger partial charge in [0.2, 0.25) is 0 Å². The Morgan fingerprint density at radius 2 is 1.35 bits per heavy atom. The highest BCUT2D eigenvalue weighted by atomic mass is 35.5. The minimum Gasteiger partial charge on any atom is -0.459 e. The third kappa shape index (κ3) is 5.63. The number of rotatable bonds is 5. The molecule has 0 radical (unpaired) electrons. The first-order valence-electron chi connectivity index (χ1n) is 9.05. The van der Waals surface area contributed by atoms with Crippen LogP contribution in [0.2, 0.25) is 0 Å². The van der Waals surface area contributed by atoms with Crippen molar-refractivity contribution in [3.63, 3.8) is 0 Å². The van der Waals surface area contributed by atoms with E-state index < -0.39 is 5.41 Å². The van der Waals surface area contributed by atoms with Crippen molar-refractivity contribution in [1.29, 1.82) is 0 Å². The van der Waals surface area contributed by atoms with Gasteiger partial charge in [0.25, 0.3) is 0 Å². The Labute approximate surface area is 169 Å². The van der Waals surface area contributed by atoms with Crippen molar-refractivity contribution in [2.45, 2.75) is 119 Å². The molecule has 0 aromatic rings. The molecular weight excluding hydrogens is 344 g/mol. The van der Waals surface area contributed by atoms with Gasteiger partial charge in [-0.25, -0.2) is 0 Å². The van der Waals surface area contributed by atoms with E-state index >= 15 is 0 Å². The van der Waals surface area contributed by atoms with E-state index in [0.717, 1.165) is 43.4 Å². The Kier molecular flexibility index (Phi) is 10.0. The number of esters is 1. The summed E-state index contributed by atoms with van der Waals surface area (Å²) in [7, 11) is 0. The number of hydrogen-bond donors (Lipinski definition) is 0. The van der Waals surface area contributed by atoms with E-state index in [-0.39, 0.29) is 46.2 Å². The molecule has 0 spiro atoms. The standard InChI is InChI=1S/C19H31ClO2.4CH4/c1-5-18(4,12-17(2,3)20)16(21)22-19-9-13-6-14(10-19)8-15(7-13)11-19;;;;/h13-15H,5-12H2,1-4H3;4*1H4. The predicted octanol–water partition coefficient (Wildman–Crippen LogP) is 7.87. The molecule has 2 nitrogen and oxygen atoms in total. The maximum absolute atomic E-state index is 13.0. The molecule has 0 amide bonds. The molecule has 4 fully saturated rings. The summed E-state index contributed by atoms with van der Waals surface area (Å²) in [5, 5.41) is 0. The molecule has 4 rings (SSSR count). The molecule has 1 unspecified atom stereocenters. The topological polar surface area (TPSA) is 26.3 Å². The summed E-state index contributed by atoms with van der Waals surface area (Å²) < 4.78 is 6.25. The fraction of sp³-hybridized carbons (Fsp3) is 0.957. The second kappa shape index (κ2) is 9.30. The lowest BCUT2D eigenvalue weighted by molar-refractivity contribution is -0.197. The van der Waals surface area contributed by atoms with Crippen LogP contribution in [0.1, 0.15) is 109 Å². The van der Waals surface area contributed by atoms with E-state index in [0.29, 0.717) is 6.42 Å². The average Bonchev–Trinajstić information content (AvgIpc) is 2.34. The highest BCUT2D eigenvalue weighted by Crippen LogP contribution is 2.57. The van der Waals surface area contributed by atoms with Crippen LogP contribution in [-0.2, 0) is 9.53 Å². The Balaban J connectivity index is 0. The molecule has 0 saturated heterocycles. The van der Waals surface area contributed by atoms with Crippen molar-refractivity contribution in [3.8, 4) is 0 Å². The normalized spacial score (nSPS) is 33.5. The quantitative estimate of drug-likeness (QED) is 0.352. The van der Waals surface area contributed by atoms with Crippen molar-refractivity contribution in [1.82, 2.24) is 0 Å².